The smallest absolute Gasteiger partial charge is 0.289 e. The molecule has 1 saturated carbocycles. The van der Waals surface area contributed by atoms with Gasteiger partial charge in [0, 0.05) is 6.42 Å². The minimum Gasteiger partial charge on any atom is -0.289 e. The van der Waals surface area contributed by atoms with Gasteiger partial charge in [0.2, 0.25) is 0 Å². The molecule has 0 aromatic rings. The first-order valence-electron chi connectivity index (χ1n) is 3.63. The molecule has 68 valence electrons. The quantitative estimate of drug-likeness (QED) is 0.651. The number of halogens is 3. The van der Waals surface area contributed by atoms with Crippen LogP contribution in [0.25, 0.3) is 0 Å². The van der Waals surface area contributed by atoms with Crippen LogP contribution in [-0.2, 0) is 4.74 Å². The lowest BCUT2D eigenvalue weighted by molar-refractivity contribution is -0.354. The lowest BCUT2D eigenvalue weighted by Crippen LogP contribution is -2.35. The average molecular weight is 179 g/mol. The highest BCUT2D eigenvalue weighted by Crippen LogP contribution is 2.36. The van der Waals surface area contributed by atoms with Crippen molar-refractivity contribution in [3.8, 4) is 6.07 Å². The molecule has 0 radical (unpaired) electrons. The predicted molar refractivity (Wildman–Crippen MR) is 33.9 cm³/mol. The molecule has 5 heteroatoms. The summed E-state index contributed by atoms with van der Waals surface area (Å²) < 4.78 is 38.4. The lowest BCUT2D eigenvalue weighted by Gasteiger charge is -2.33. The zero-order valence-electron chi connectivity index (χ0n) is 6.27. The zero-order chi connectivity index (χ0) is 9.19. The summed E-state index contributed by atoms with van der Waals surface area (Å²) in [6, 6.07) is 1.92. The maximum Gasteiger partial charge on any atom is 0.522 e. The van der Waals surface area contributed by atoms with Crippen LogP contribution in [0, 0.1) is 17.2 Å². The molecule has 1 aliphatic rings. The van der Waals surface area contributed by atoms with E-state index in [2.05, 4.69) is 4.74 Å². The summed E-state index contributed by atoms with van der Waals surface area (Å²) in [5, 5.41) is 8.21. The number of rotatable bonds is 2. The van der Waals surface area contributed by atoms with Gasteiger partial charge in [0.05, 0.1) is 12.2 Å². The van der Waals surface area contributed by atoms with Crippen LogP contribution in [0.5, 0.6) is 0 Å². The minimum atomic E-state index is -4.53. The molecule has 0 aliphatic heterocycles. The van der Waals surface area contributed by atoms with Gasteiger partial charge in [-0.05, 0) is 18.8 Å². The molecule has 0 bridgehead atoms. The van der Waals surface area contributed by atoms with Crippen LogP contribution in [0.4, 0.5) is 13.2 Å². The third kappa shape index (κ3) is 2.70. The second kappa shape index (κ2) is 3.31. The van der Waals surface area contributed by atoms with E-state index in [9.17, 15) is 13.2 Å². The van der Waals surface area contributed by atoms with Gasteiger partial charge >= 0.3 is 6.36 Å². The van der Waals surface area contributed by atoms with Gasteiger partial charge in [0.1, 0.15) is 0 Å². The molecular formula is C7H8F3NO. The summed E-state index contributed by atoms with van der Waals surface area (Å²) in [6.45, 7) is 0. The Balaban J connectivity index is 2.15. The first-order chi connectivity index (χ1) is 5.51. The molecule has 2 nitrogen and oxygen atoms in total. The summed E-state index contributed by atoms with van der Waals surface area (Å²) in [5.74, 6) is 0.0994. The van der Waals surface area contributed by atoms with Crippen molar-refractivity contribution >= 4 is 0 Å². The molecule has 0 aromatic heterocycles. The Bertz CT molecular complexity index is 190. The average Bonchev–Trinajstić information content (AvgIpc) is 1.80. The number of ether oxygens (including phenoxy) is 1. The van der Waals surface area contributed by atoms with Crippen molar-refractivity contribution in [3.63, 3.8) is 0 Å². The maximum absolute atomic E-state index is 11.6. The Hall–Kier alpha value is -0.760. The monoisotopic (exact) mass is 179 g/mol. The molecule has 1 rings (SSSR count). The van der Waals surface area contributed by atoms with E-state index in [0.29, 0.717) is 19.3 Å². The van der Waals surface area contributed by atoms with Crippen LogP contribution in [-0.4, -0.2) is 12.5 Å². The van der Waals surface area contributed by atoms with Gasteiger partial charge in [-0.3, -0.25) is 4.74 Å². The second-order valence-corrected chi connectivity index (χ2v) is 2.89. The largest absolute Gasteiger partial charge is 0.522 e. The second-order valence-electron chi connectivity index (χ2n) is 2.89. The fourth-order valence-electron chi connectivity index (χ4n) is 1.26. The van der Waals surface area contributed by atoms with E-state index in [0.717, 1.165) is 0 Å². The lowest BCUT2D eigenvalue weighted by atomic mass is 9.80. The van der Waals surface area contributed by atoms with Crippen LogP contribution in [0.15, 0.2) is 0 Å². The van der Waals surface area contributed by atoms with E-state index in [4.69, 9.17) is 5.26 Å². The van der Waals surface area contributed by atoms with Crippen LogP contribution in [0.3, 0.4) is 0 Å². The minimum absolute atomic E-state index is 0.0994. The molecule has 1 aliphatic carbocycles. The molecule has 0 atom stereocenters. The first-order valence-corrected chi connectivity index (χ1v) is 3.63. The molecule has 0 N–H and O–H groups in total. The Labute approximate surface area is 67.9 Å². The summed E-state index contributed by atoms with van der Waals surface area (Å²) >= 11 is 0. The number of alkyl halides is 3. The SMILES string of the molecule is N#CC[C@H]1C[C@@H](OC(F)(F)F)C1. The Morgan fingerprint density at radius 1 is 1.42 bits per heavy atom. The summed E-state index contributed by atoms with van der Waals surface area (Å²) in [7, 11) is 0. The van der Waals surface area contributed by atoms with Crippen molar-refractivity contribution in [2.75, 3.05) is 0 Å². The van der Waals surface area contributed by atoms with E-state index in [1.54, 1.807) is 0 Å². The Morgan fingerprint density at radius 3 is 2.42 bits per heavy atom. The van der Waals surface area contributed by atoms with Gasteiger partial charge < -0.3 is 0 Å². The van der Waals surface area contributed by atoms with Crippen LogP contribution in [0.1, 0.15) is 19.3 Å². The van der Waals surface area contributed by atoms with Crippen molar-refractivity contribution in [3.05, 3.63) is 0 Å². The van der Waals surface area contributed by atoms with Gasteiger partial charge in [-0.15, -0.1) is 13.2 Å². The highest BCUT2D eigenvalue weighted by atomic mass is 19.4. The zero-order valence-corrected chi connectivity index (χ0v) is 6.27. The third-order valence-corrected chi connectivity index (χ3v) is 1.87. The van der Waals surface area contributed by atoms with Gasteiger partial charge in [0.15, 0.2) is 0 Å². The number of nitrogens with zero attached hydrogens (tertiary/aromatic N) is 1. The fraction of sp³-hybridized carbons (Fsp3) is 0.857. The number of hydrogen-bond donors (Lipinski definition) is 0. The van der Waals surface area contributed by atoms with Crippen molar-refractivity contribution in [2.45, 2.75) is 31.7 Å². The van der Waals surface area contributed by atoms with E-state index in [-0.39, 0.29) is 5.92 Å². The normalized spacial score (nSPS) is 29.2. The van der Waals surface area contributed by atoms with Crippen LogP contribution >= 0.6 is 0 Å². The predicted octanol–water partition coefficient (Wildman–Crippen LogP) is 2.22. The van der Waals surface area contributed by atoms with E-state index < -0.39 is 12.5 Å². The van der Waals surface area contributed by atoms with E-state index in [1.165, 1.54) is 0 Å². The topological polar surface area (TPSA) is 33.0 Å². The molecule has 0 saturated heterocycles. The van der Waals surface area contributed by atoms with Crippen LogP contribution in [0.2, 0.25) is 0 Å². The van der Waals surface area contributed by atoms with Gasteiger partial charge in [-0.2, -0.15) is 5.26 Å². The molecule has 0 amide bonds. The molecule has 1 fully saturated rings. The highest BCUT2D eigenvalue weighted by molar-refractivity contribution is 4.87. The summed E-state index contributed by atoms with van der Waals surface area (Å²) in [4.78, 5) is 0. The highest BCUT2D eigenvalue weighted by Gasteiger charge is 2.39. The summed E-state index contributed by atoms with van der Waals surface area (Å²) in [6.07, 6.45) is -4.21. The standard InChI is InChI=1S/C7H8F3NO/c8-7(9,10)12-6-3-5(4-6)1-2-11/h5-6H,1,3-4H2/t5-,6+. The van der Waals surface area contributed by atoms with E-state index in [1.807, 2.05) is 6.07 Å². The molecular weight excluding hydrogens is 171 g/mol. The fourth-order valence-corrected chi connectivity index (χ4v) is 1.26. The Kier molecular flexibility index (Phi) is 2.58. The first kappa shape index (κ1) is 9.33. The van der Waals surface area contributed by atoms with Crippen molar-refractivity contribution in [1.29, 1.82) is 5.26 Å². The van der Waals surface area contributed by atoms with Crippen molar-refractivity contribution < 1.29 is 17.9 Å². The number of hydrogen-bond acceptors (Lipinski definition) is 2. The molecule has 0 aromatic carbocycles. The van der Waals surface area contributed by atoms with Crippen molar-refractivity contribution in [1.82, 2.24) is 0 Å². The maximum atomic E-state index is 11.6. The summed E-state index contributed by atoms with van der Waals surface area (Å²) in [5.41, 5.74) is 0. The molecule has 12 heavy (non-hydrogen) atoms. The van der Waals surface area contributed by atoms with Gasteiger partial charge in [-0.1, -0.05) is 0 Å². The van der Waals surface area contributed by atoms with Crippen LogP contribution < -0.4 is 0 Å². The Morgan fingerprint density at radius 2 is 2.00 bits per heavy atom. The molecule has 0 unspecified atom stereocenters. The third-order valence-electron chi connectivity index (χ3n) is 1.87. The van der Waals surface area contributed by atoms with E-state index >= 15 is 0 Å². The molecule has 0 heterocycles. The van der Waals surface area contributed by atoms with Gasteiger partial charge in [-0.25, -0.2) is 0 Å². The molecule has 0 spiro atoms. The number of nitriles is 1. The van der Waals surface area contributed by atoms with Crippen molar-refractivity contribution in [2.24, 2.45) is 5.92 Å². The van der Waals surface area contributed by atoms with Gasteiger partial charge in [0.25, 0.3) is 0 Å².